The van der Waals surface area contributed by atoms with E-state index in [1.807, 2.05) is 0 Å². The smallest absolute Gasteiger partial charge is 0.157 e. The van der Waals surface area contributed by atoms with Gasteiger partial charge in [-0.2, -0.15) is 0 Å². The fourth-order valence-electron chi connectivity index (χ4n) is 5.50. The molecule has 0 radical (unpaired) electrons. The lowest BCUT2D eigenvalue weighted by Crippen LogP contribution is -2.27. The van der Waals surface area contributed by atoms with Crippen molar-refractivity contribution < 1.29 is 18.6 Å². The van der Waals surface area contributed by atoms with Gasteiger partial charge in [-0.25, -0.2) is 4.39 Å². The number of hydrogen-bond donors (Lipinski definition) is 0. The minimum atomic E-state index is -0.394. The van der Waals surface area contributed by atoms with Crippen LogP contribution < -0.4 is 4.74 Å². The fraction of sp³-hybridized carbons (Fsp3) is 0.750. The largest absolute Gasteiger partial charge is 0.493 e. The van der Waals surface area contributed by atoms with Crippen molar-refractivity contribution in [2.75, 3.05) is 19.8 Å². The normalized spacial score (nSPS) is 31.1. The maximum absolute atomic E-state index is 13.3. The molecule has 3 aliphatic rings. The first-order valence-electron chi connectivity index (χ1n) is 11.5. The van der Waals surface area contributed by atoms with Gasteiger partial charge in [-0.1, -0.05) is 24.4 Å². The van der Waals surface area contributed by atoms with Crippen LogP contribution in [0.25, 0.3) is 0 Å². The summed E-state index contributed by atoms with van der Waals surface area (Å²) in [7, 11) is 0. The van der Waals surface area contributed by atoms with Gasteiger partial charge in [0.15, 0.2) is 6.29 Å². The van der Waals surface area contributed by atoms with E-state index in [2.05, 4.69) is 0 Å². The van der Waals surface area contributed by atoms with Gasteiger partial charge in [-0.15, -0.1) is 0 Å². The van der Waals surface area contributed by atoms with Crippen LogP contribution in [0, 0.1) is 29.5 Å². The van der Waals surface area contributed by atoms with Crippen molar-refractivity contribution in [2.24, 2.45) is 23.7 Å². The highest BCUT2D eigenvalue weighted by Crippen LogP contribution is 2.42. The lowest BCUT2D eigenvalue weighted by molar-refractivity contribution is -0.0514. The van der Waals surface area contributed by atoms with Crippen molar-refractivity contribution >= 4 is 11.6 Å². The maximum atomic E-state index is 13.3. The van der Waals surface area contributed by atoms with E-state index >= 15 is 0 Å². The van der Waals surface area contributed by atoms with E-state index in [9.17, 15) is 4.39 Å². The third kappa shape index (κ3) is 6.08. The van der Waals surface area contributed by atoms with Crippen LogP contribution in [-0.4, -0.2) is 26.1 Å². The van der Waals surface area contributed by atoms with E-state index in [0.29, 0.717) is 18.3 Å². The lowest BCUT2D eigenvalue weighted by Gasteiger charge is -2.38. The molecule has 0 unspecified atom stereocenters. The average Bonchev–Trinajstić information content (AvgIpc) is 3.28. The number of rotatable bonds is 7. The molecule has 0 amide bonds. The summed E-state index contributed by atoms with van der Waals surface area (Å²) < 4.78 is 30.3. The first kappa shape index (κ1) is 21.4. The standard InChI is InChI=1S/C24H34ClFO3/c25-22-15-21(10-11-23(22)26)29-16-18-3-8-20(9-4-18)19-6-1-17(2-7-19)5-12-24-27-13-14-28-24/h10-11,15,17-20,24H,1-9,12-14,16H2. The second-order valence-corrected chi connectivity index (χ2v) is 9.60. The molecule has 3 nitrogen and oxygen atoms in total. The summed E-state index contributed by atoms with van der Waals surface area (Å²) in [6.07, 6.45) is 13.1. The van der Waals surface area contributed by atoms with Gasteiger partial charge in [-0.05, 0) is 87.2 Å². The molecule has 0 spiro atoms. The van der Waals surface area contributed by atoms with Gasteiger partial charge in [0.25, 0.3) is 0 Å². The molecule has 3 fully saturated rings. The van der Waals surface area contributed by atoms with Gasteiger partial charge in [-0.3, -0.25) is 0 Å². The predicted octanol–water partition coefficient (Wildman–Crippen LogP) is 6.62. The molecule has 0 aromatic heterocycles. The average molecular weight is 425 g/mol. The molecule has 1 aromatic rings. The Morgan fingerprint density at radius 1 is 0.862 bits per heavy atom. The van der Waals surface area contributed by atoms with E-state index < -0.39 is 5.82 Å². The zero-order valence-corrected chi connectivity index (χ0v) is 18.0. The summed E-state index contributed by atoms with van der Waals surface area (Å²) in [5, 5.41) is 0.130. The van der Waals surface area contributed by atoms with Crippen LogP contribution in [0.4, 0.5) is 4.39 Å². The van der Waals surface area contributed by atoms with E-state index in [4.69, 9.17) is 25.8 Å². The van der Waals surface area contributed by atoms with Crippen molar-refractivity contribution in [3.63, 3.8) is 0 Å². The Hall–Kier alpha value is -0.840. The summed E-state index contributed by atoms with van der Waals surface area (Å²) in [4.78, 5) is 0. The molecule has 1 heterocycles. The van der Waals surface area contributed by atoms with Crippen molar-refractivity contribution in [3.05, 3.63) is 29.0 Å². The lowest BCUT2D eigenvalue weighted by atomic mass is 9.69. The highest BCUT2D eigenvalue weighted by atomic mass is 35.5. The Balaban J connectivity index is 1.12. The van der Waals surface area contributed by atoms with Crippen LogP contribution >= 0.6 is 11.6 Å². The zero-order valence-electron chi connectivity index (χ0n) is 17.3. The summed E-state index contributed by atoms with van der Waals surface area (Å²) in [6.45, 7) is 2.25. The molecular formula is C24H34ClFO3. The molecule has 0 atom stereocenters. The number of hydrogen-bond acceptors (Lipinski definition) is 3. The Labute approximate surface area is 179 Å². The van der Waals surface area contributed by atoms with Crippen LogP contribution in [0.3, 0.4) is 0 Å². The third-order valence-corrected chi connectivity index (χ3v) is 7.62. The quantitative estimate of drug-likeness (QED) is 0.492. The molecule has 0 bridgehead atoms. The van der Waals surface area contributed by atoms with Gasteiger partial charge >= 0.3 is 0 Å². The molecule has 29 heavy (non-hydrogen) atoms. The molecule has 0 N–H and O–H groups in total. The summed E-state index contributed by atoms with van der Waals surface area (Å²) in [5.41, 5.74) is 0. The Kier molecular flexibility index (Phi) is 7.71. The Morgan fingerprint density at radius 3 is 2.10 bits per heavy atom. The van der Waals surface area contributed by atoms with Gasteiger partial charge in [0, 0.05) is 6.07 Å². The molecule has 2 saturated carbocycles. The molecule has 1 saturated heterocycles. The van der Waals surface area contributed by atoms with E-state index in [0.717, 1.165) is 37.4 Å². The predicted molar refractivity (Wildman–Crippen MR) is 113 cm³/mol. The first-order valence-corrected chi connectivity index (χ1v) is 11.9. The molecule has 162 valence electrons. The molecule has 5 heteroatoms. The van der Waals surface area contributed by atoms with Gasteiger partial charge in [0.1, 0.15) is 11.6 Å². The van der Waals surface area contributed by atoms with Crippen LogP contribution in [0.15, 0.2) is 18.2 Å². The molecule has 4 rings (SSSR count). The van der Waals surface area contributed by atoms with Crippen LogP contribution in [0.5, 0.6) is 5.75 Å². The molecule has 2 aliphatic carbocycles. The molecule has 1 aliphatic heterocycles. The highest BCUT2D eigenvalue weighted by molar-refractivity contribution is 6.30. The first-order chi connectivity index (χ1) is 14.2. The zero-order chi connectivity index (χ0) is 20.1. The van der Waals surface area contributed by atoms with Crippen molar-refractivity contribution in [1.82, 2.24) is 0 Å². The van der Waals surface area contributed by atoms with Gasteiger partial charge in [0.2, 0.25) is 0 Å². The second kappa shape index (κ2) is 10.5. The summed E-state index contributed by atoms with van der Waals surface area (Å²) in [6, 6.07) is 4.61. The summed E-state index contributed by atoms with van der Waals surface area (Å²) in [5.74, 6) is 3.57. The van der Waals surface area contributed by atoms with Crippen LogP contribution in [-0.2, 0) is 9.47 Å². The highest BCUT2D eigenvalue weighted by Gasteiger charge is 2.31. The minimum Gasteiger partial charge on any atom is -0.493 e. The van der Waals surface area contributed by atoms with Gasteiger partial charge in [0.05, 0.1) is 24.8 Å². The minimum absolute atomic E-state index is 0.0659. The van der Waals surface area contributed by atoms with E-state index in [-0.39, 0.29) is 11.3 Å². The SMILES string of the molecule is Fc1ccc(OCC2CCC(C3CCC(CCC4OCCO4)CC3)CC2)cc1Cl. The number of benzene rings is 1. The van der Waals surface area contributed by atoms with Crippen LogP contribution in [0.1, 0.15) is 64.2 Å². The van der Waals surface area contributed by atoms with E-state index in [1.54, 1.807) is 12.1 Å². The fourth-order valence-corrected chi connectivity index (χ4v) is 5.67. The number of ether oxygens (including phenoxy) is 3. The maximum Gasteiger partial charge on any atom is 0.157 e. The van der Waals surface area contributed by atoms with Crippen molar-refractivity contribution in [3.8, 4) is 5.75 Å². The second-order valence-electron chi connectivity index (χ2n) is 9.20. The van der Waals surface area contributed by atoms with Crippen molar-refractivity contribution in [2.45, 2.75) is 70.5 Å². The summed E-state index contributed by atoms with van der Waals surface area (Å²) >= 11 is 5.84. The Bertz CT molecular complexity index is 633. The van der Waals surface area contributed by atoms with Crippen molar-refractivity contribution in [1.29, 1.82) is 0 Å². The molecular weight excluding hydrogens is 391 g/mol. The monoisotopic (exact) mass is 424 g/mol. The Morgan fingerprint density at radius 2 is 1.48 bits per heavy atom. The molecule has 1 aromatic carbocycles. The van der Waals surface area contributed by atoms with Crippen LogP contribution in [0.2, 0.25) is 5.02 Å². The van der Waals surface area contributed by atoms with E-state index in [1.165, 1.54) is 63.9 Å². The van der Waals surface area contributed by atoms with Gasteiger partial charge < -0.3 is 14.2 Å². The number of halogens is 2. The third-order valence-electron chi connectivity index (χ3n) is 7.33. The topological polar surface area (TPSA) is 27.7 Å².